The van der Waals surface area contributed by atoms with E-state index in [2.05, 4.69) is 29.2 Å². The summed E-state index contributed by atoms with van der Waals surface area (Å²) < 4.78 is 5.21. The molecule has 3 heteroatoms. The Morgan fingerprint density at radius 3 is 2.52 bits per heavy atom. The molecule has 3 rings (SSSR count). The average Bonchev–Trinajstić information content (AvgIpc) is 2.56. The minimum absolute atomic E-state index is 0.546. The van der Waals surface area contributed by atoms with Crippen LogP contribution in [0.25, 0.3) is 0 Å². The highest BCUT2D eigenvalue weighted by molar-refractivity contribution is 5.29. The molecule has 1 fully saturated rings. The molecule has 0 atom stereocenters. The third-order valence-electron chi connectivity index (χ3n) is 4.57. The molecule has 0 unspecified atom stereocenters. The second kappa shape index (κ2) is 5.86. The summed E-state index contributed by atoms with van der Waals surface area (Å²) in [6.07, 6.45) is 6.95. The minimum Gasteiger partial charge on any atom is -0.495 e. The fourth-order valence-electron chi connectivity index (χ4n) is 3.23. The normalized spacial score (nSPS) is 25.5. The van der Waals surface area contributed by atoms with E-state index in [4.69, 9.17) is 4.74 Å². The van der Waals surface area contributed by atoms with Crippen LogP contribution in [0.1, 0.15) is 42.7 Å². The number of aliphatic hydroxyl groups is 1. The number of hydrogen-bond donors (Lipinski definition) is 1. The Hall–Kier alpha value is -1.87. The van der Waals surface area contributed by atoms with Crippen LogP contribution < -0.4 is 4.74 Å². The Bertz CT molecular complexity index is 589. The number of rotatable bonds is 3. The van der Waals surface area contributed by atoms with Crippen LogP contribution in [0.2, 0.25) is 0 Å². The Kier molecular flexibility index (Phi) is 3.93. The van der Waals surface area contributed by atoms with E-state index in [9.17, 15) is 5.11 Å². The van der Waals surface area contributed by atoms with Gasteiger partial charge in [0.15, 0.2) is 0 Å². The summed E-state index contributed by atoms with van der Waals surface area (Å²) in [5, 5.41) is 10.9. The predicted octanol–water partition coefficient (Wildman–Crippen LogP) is 3.64. The molecule has 110 valence electrons. The zero-order valence-electron chi connectivity index (χ0n) is 12.3. The van der Waals surface area contributed by atoms with Gasteiger partial charge in [-0.3, -0.25) is 4.98 Å². The van der Waals surface area contributed by atoms with Crippen molar-refractivity contribution < 1.29 is 9.84 Å². The van der Waals surface area contributed by atoms with E-state index in [-0.39, 0.29) is 0 Å². The van der Waals surface area contributed by atoms with Crippen molar-refractivity contribution in [3.8, 4) is 5.75 Å². The summed E-state index contributed by atoms with van der Waals surface area (Å²) in [6.45, 7) is 0. The lowest BCUT2D eigenvalue weighted by molar-refractivity contribution is -0.00612. The second-order valence-corrected chi connectivity index (χ2v) is 5.83. The fourth-order valence-corrected chi connectivity index (χ4v) is 3.23. The average molecular weight is 283 g/mol. The summed E-state index contributed by atoms with van der Waals surface area (Å²) in [5.41, 5.74) is 1.48. The maximum atomic E-state index is 10.9. The van der Waals surface area contributed by atoms with Crippen molar-refractivity contribution in [3.05, 3.63) is 59.9 Å². The molecular weight excluding hydrogens is 262 g/mol. The van der Waals surface area contributed by atoms with Crippen LogP contribution in [0.4, 0.5) is 0 Å². The topological polar surface area (TPSA) is 42.4 Å². The molecule has 0 spiro atoms. The van der Waals surface area contributed by atoms with Crippen LogP contribution in [0.15, 0.2) is 48.8 Å². The summed E-state index contributed by atoms with van der Waals surface area (Å²) in [7, 11) is 1.62. The molecule has 0 bridgehead atoms. The predicted molar refractivity (Wildman–Crippen MR) is 82.3 cm³/mol. The van der Waals surface area contributed by atoms with Crippen molar-refractivity contribution in [2.75, 3.05) is 7.11 Å². The van der Waals surface area contributed by atoms with Gasteiger partial charge < -0.3 is 9.84 Å². The van der Waals surface area contributed by atoms with Crippen molar-refractivity contribution in [2.24, 2.45) is 0 Å². The Morgan fingerprint density at radius 1 is 1.14 bits per heavy atom. The molecule has 1 aliphatic carbocycles. The van der Waals surface area contributed by atoms with Gasteiger partial charge in [-0.2, -0.15) is 0 Å². The molecule has 1 saturated carbocycles. The van der Waals surface area contributed by atoms with E-state index in [0.29, 0.717) is 11.7 Å². The molecule has 2 aromatic rings. The molecule has 3 nitrogen and oxygen atoms in total. The van der Waals surface area contributed by atoms with E-state index in [1.165, 1.54) is 5.56 Å². The number of methoxy groups -OCH3 is 1. The first-order chi connectivity index (χ1) is 10.2. The lowest BCUT2D eigenvalue weighted by Gasteiger charge is -2.36. The third-order valence-corrected chi connectivity index (χ3v) is 4.57. The first-order valence-corrected chi connectivity index (χ1v) is 7.48. The van der Waals surface area contributed by atoms with E-state index >= 15 is 0 Å². The summed E-state index contributed by atoms with van der Waals surface area (Å²) in [6, 6.07) is 12.5. The van der Waals surface area contributed by atoms with E-state index in [1.807, 2.05) is 12.1 Å². The molecule has 0 amide bonds. The van der Waals surface area contributed by atoms with E-state index in [0.717, 1.165) is 31.2 Å². The largest absolute Gasteiger partial charge is 0.495 e. The van der Waals surface area contributed by atoms with E-state index in [1.54, 1.807) is 19.5 Å². The minimum atomic E-state index is -0.771. The number of ether oxygens (including phenoxy) is 1. The molecule has 21 heavy (non-hydrogen) atoms. The number of aromatic nitrogens is 1. The maximum Gasteiger partial charge on any atom is 0.137 e. The molecule has 0 saturated heterocycles. The molecule has 1 heterocycles. The van der Waals surface area contributed by atoms with Gasteiger partial charge in [-0.05, 0) is 43.2 Å². The number of pyridine rings is 1. The van der Waals surface area contributed by atoms with Gasteiger partial charge >= 0.3 is 0 Å². The van der Waals surface area contributed by atoms with Crippen molar-refractivity contribution in [1.29, 1.82) is 0 Å². The summed E-state index contributed by atoms with van der Waals surface area (Å²) in [5.74, 6) is 1.25. The van der Waals surface area contributed by atoms with Gasteiger partial charge in [0.05, 0.1) is 18.9 Å². The van der Waals surface area contributed by atoms with E-state index < -0.39 is 5.60 Å². The van der Waals surface area contributed by atoms with Gasteiger partial charge in [-0.15, -0.1) is 0 Å². The monoisotopic (exact) mass is 283 g/mol. The molecular formula is C18H21NO2. The van der Waals surface area contributed by atoms with Crippen molar-refractivity contribution in [2.45, 2.75) is 37.2 Å². The molecule has 1 aromatic carbocycles. The number of nitrogens with zero attached hydrogens (tertiary/aromatic N) is 1. The molecule has 1 aliphatic rings. The highest BCUT2D eigenvalue weighted by Gasteiger charge is 2.35. The van der Waals surface area contributed by atoms with Gasteiger partial charge in [0, 0.05) is 11.8 Å². The lowest BCUT2D eigenvalue weighted by atomic mass is 9.73. The van der Waals surface area contributed by atoms with Crippen LogP contribution in [0.5, 0.6) is 5.75 Å². The quantitative estimate of drug-likeness (QED) is 0.935. The van der Waals surface area contributed by atoms with Gasteiger partial charge in [-0.1, -0.05) is 30.3 Å². The Morgan fingerprint density at radius 2 is 1.86 bits per heavy atom. The highest BCUT2D eigenvalue weighted by Crippen LogP contribution is 2.43. The fraction of sp³-hybridized carbons (Fsp3) is 0.389. The molecule has 0 radical (unpaired) electrons. The van der Waals surface area contributed by atoms with Crippen LogP contribution in [0.3, 0.4) is 0 Å². The SMILES string of the molecule is COc1cncc(C2(O)CCC(c3ccccc3)CC2)c1. The van der Waals surface area contributed by atoms with Crippen LogP contribution in [0, 0.1) is 0 Å². The summed E-state index contributed by atoms with van der Waals surface area (Å²) >= 11 is 0. The highest BCUT2D eigenvalue weighted by atomic mass is 16.5. The molecule has 1 N–H and O–H groups in total. The zero-order chi connectivity index (χ0) is 14.7. The van der Waals surface area contributed by atoms with Gasteiger partial charge in [0.1, 0.15) is 5.75 Å². The van der Waals surface area contributed by atoms with Gasteiger partial charge in [-0.25, -0.2) is 0 Å². The van der Waals surface area contributed by atoms with Crippen LogP contribution in [-0.2, 0) is 5.60 Å². The van der Waals surface area contributed by atoms with Crippen molar-refractivity contribution >= 4 is 0 Å². The first-order valence-electron chi connectivity index (χ1n) is 7.48. The van der Waals surface area contributed by atoms with Crippen LogP contribution >= 0.6 is 0 Å². The molecule has 0 aliphatic heterocycles. The Balaban J connectivity index is 1.74. The lowest BCUT2D eigenvalue weighted by Crippen LogP contribution is -2.31. The second-order valence-electron chi connectivity index (χ2n) is 5.83. The van der Waals surface area contributed by atoms with Gasteiger partial charge in [0.25, 0.3) is 0 Å². The first kappa shape index (κ1) is 14.1. The zero-order valence-corrected chi connectivity index (χ0v) is 12.3. The number of hydrogen-bond acceptors (Lipinski definition) is 3. The maximum absolute atomic E-state index is 10.9. The van der Waals surface area contributed by atoms with Crippen molar-refractivity contribution in [1.82, 2.24) is 4.98 Å². The van der Waals surface area contributed by atoms with Gasteiger partial charge in [0.2, 0.25) is 0 Å². The van der Waals surface area contributed by atoms with Crippen LogP contribution in [-0.4, -0.2) is 17.2 Å². The Labute approximate surface area is 125 Å². The molecule has 1 aromatic heterocycles. The van der Waals surface area contributed by atoms with Crippen molar-refractivity contribution in [3.63, 3.8) is 0 Å². The third kappa shape index (κ3) is 2.93. The summed E-state index contributed by atoms with van der Waals surface area (Å²) in [4.78, 5) is 4.17. The standard InChI is InChI=1S/C18H21NO2/c1-21-17-11-16(12-19-13-17)18(20)9-7-15(8-10-18)14-5-3-2-4-6-14/h2-6,11-13,15,20H,7-10H2,1H3. The number of benzene rings is 1. The smallest absolute Gasteiger partial charge is 0.137 e.